The van der Waals surface area contributed by atoms with E-state index in [0.29, 0.717) is 12.3 Å². The van der Waals surface area contributed by atoms with E-state index in [1.54, 1.807) is 0 Å². The van der Waals surface area contributed by atoms with E-state index in [4.69, 9.17) is 11.6 Å². The third-order valence-electron chi connectivity index (χ3n) is 6.23. The van der Waals surface area contributed by atoms with Crippen molar-refractivity contribution in [2.45, 2.75) is 52.1 Å². The minimum atomic E-state index is -0.645. The van der Waals surface area contributed by atoms with Gasteiger partial charge in [-0.05, 0) is 47.6 Å². The second kappa shape index (κ2) is 3.99. The minimum Gasteiger partial charge on any atom is -0.388 e. The van der Waals surface area contributed by atoms with Crippen LogP contribution in [-0.2, 0) is 6.42 Å². The molecule has 2 aliphatic rings. The molecule has 2 heteroatoms. The van der Waals surface area contributed by atoms with Crippen molar-refractivity contribution >= 4 is 11.6 Å². The Bertz CT molecular complexity index is 503. The summed E-state index contributed by atoms with van der Waals surface area (Å²) in [6.07, 6.45) is 4.23. The summed E-state index contributed by atoms with van der Waals surface area (Å²) in [6.45, 7) is 6.73. The summed E-state index contributed by atoms with van der Waals surface area (Å²) in [5.74, 6) is 0.644. The van der Waals surface area contributed by atoms with Gasteiger partial charge in [-0.15, -0.1) is 0 Å². The number of fused-ring (bicyclic) bond motifs is 2. The lowest BCUT2D eigenvalue weighted by molar-refractivity contribution is -0.141. The Morgan fingerprint density at radius 2 is 1.95 bits per heavy atom. The molecule has 1 N–H and O–H groups in total. The van der Waals surface area contributed by atoms with Crippen molar-refractivity contribution < 1.29 is 5.11 Å². The molecule has 2 bridgehead atoms. The van der Waals surface area contributed by atoms with Gasteiger partial charge in [0, 0.05) is 11.4 Å². The summed E-state index contributed by atoms with van der Waals surface area (Å²) >= 11 is 6.29. The largest absolute Gasteiger partial charge is 0.388 e. The lowest BCUT2D eigenvalue weighted by Crippen LogP contribution is -2.55. The van der Waals surface area contributed by atoms with Gasteiger partial charge in [-0.2, -0.15) is 0 Å². The number of hydrogen-bond donors (Lipinski definition) is 1. The summed E-state index contributed by atoms with van der Waals surface area (Å²) < 4.78 is 0. The number of benzene rings is 1. The molecule has 19 heavy (non-hydrogen) atoms. The molecular weight excluding hydrogens is 256 g/mol. The third kappa shape index (κ3) is 1.64. The molecule has 3 unspecified atom stereocenters. The van der Waals surface area contributed by atoms with Gasteiger partial charge in [0.1, 0.15) is 0 Å². The highest BCUT2D eigenvalue weighted by atomic mass is 35.5. The van der Waals surface area contributed by atoms with Gasteiger partial charge < -0.3 is 5.11 Å². The predicted molar refractivity (Wildman–Crippen MR) is 79.3 cm³/mol. The van der Waals surface area contributed by atoms with Crippen molar-refractivity contribution in [3.63, 3.8) is 0 Å². The molecule has 0 saturated heterocycles. The zero-order valence-corrected chi connectivity index (χ0v) is 12.8. The molecule has 2 saturated carbocycles. The average molecular weight is 279 g/mol. The maximum Gasteiger partial charge on any atom is 0.0795 e. The first kappa shape index (κ1) is 13.5. The third-order valence-corrected chi connectivity index (χ3v) is 6.60. The van der Waals surface area contributed by atoms with E-state index in [9.17, 15) is 5.11 Å². The zero-order chi connectivity index (χ0) is 13.9. The average Bonchev–Trinajstić information content (AvgIpc) is 2.81. The van der Waals surface area contributed by atoms with Crippen LogP contribution < -0.4 is 0 Å². The number of aliphatic hydroxyl groups is 1. The van der Waals surface area contributed by atoms with Crippen LogP contribution in [0.4, 0.5) is 0 Å². The van der Waals surface area contributed by atoms with E-state index in [0.717, 1.165) is 23.4 Å². The molecule has 0 amide bonds. The number of hydrogen-bond acceptors (Lipinski definition) is 1. The first-order valence-electron chi connectivity index (χ1n) is 7.26. The molecule has 3 atom stereocenters. The second-order valence-electron chi connectivity index (χ2n) is 7.35. The van der Waals surface area contributed by atoms with Crippen molar-refractivity contribution in [2.75, 3.05) is 0 Å². The minimum absolute atomic E-state index is 0.0286. The van der Waals surface area contributed by atoms with Crippen LogP contribution in [-0.4, -0.2) is 10.7 Å². The summed E-state index contributed by atoms with van der Waals surface area (Å²) in [7, 11) is 0. The first-order valence-corrected chi connectivity index (χ1v) is 7.64. The van der Waals surface area contributed by atoms with Crippen molar-refractivity contribution in [2.24, 2.45) is 16.7 Å². The summed E-state index contributed by atoms with van der Waals surface area (Å²) in [5.41, 5.74) is 0.446. The van der Waals surface area contributed by atoms with Crippen LogP contribution in [0.2, 0.25) is 5.02 Å². The smallest absolute Gasteiger partial charge is 0.0795 e. The van der Waals surface area contributed by atoms with Crippen LogP contribution in [0.3, 0.4) is 0 Å². The van der Waals surface area contributed by atoms with Crippen molar-refractivity contribution in [3.8, 4) is 0 Å². The molecule has 0 aliphatic heterocycles. The lowest BCUT2D eigenvalue weighted by atomic mass is 9.58. The van der Waals surface area contributed by atoms with Gasteiger partial charge in [-0.3, -0.25) is 0 Å². The molecule has 1 nitrogen and oxygen atoms in total. The molecule has 1 aromatic rings. The van der Waals surface area contributed by atoms with Gasteiger partial charge in [-0.1, -0.05) is 50.6 Å². The second-order valence-corrected chi connectivity index (χ2v) is 7.76. The Kier molecular flexibility index (Phi) is 2.82. The van der Waals surface area contributed by atoms with E-state index in [1.807, 2.05) is 24.3 Å². The Labute approximate surface area is 121 Å². The topological polar surface area (TPSA) is 20.2 Å². The predicted octanol–water partition coefficient (Wildman–Crippen LogP) is 4.46. The van der Waals surface area contributed by atoms with Crippen LogP contribution >= 0.6 is 11.6 Å². The summed E-state index contributed by atoms with van der Waals surface area (Å²) in [6, 6.07) is 7.92. The van der Waals surface area contributed by atoms with Gasteiger partial charge in [0.05, 0.1) is 5.60 Å². The molecule has 0 heterocycles. The monoisotopic (exact) mass is 278 g/mol. The maximum absolute atomic E-state index is 11.5. The molecule has 1 aromatic carbocycles. The lowest BCUT2D eigenvalue weighted by Gasteiger charge is -2.51. The van der Waals surface area contributed by atoms with E-state index >= 15 is 0 Å². The summed E-state index contributed by atoms with van der Waals surface area (Å²) in [5, 5.41) is 12.3. The van der Waals surface area contributed by atoms with Crippen molar-refractivity contribution in [1.29, 1.82) is 0 Å². The van der Waals surface area contributed by atoms with E-state index in [-0.39, 0.29) is 10.8 Å². The van der Waals surface area contributed by atoms with Crippen LogP contribution in [0, 0.1) is 16.7 Å². The van der Waals surface area contributed by atoms with E-state index in [2.05, 4.69) is 20.8 Å². The Balaban J connectivity index is 2.01. The maximum atomic E-state index is 11.5. The standard InChI is InChI=1S/C17H23ClO/c1-15(2)13-8-9-16(3,11-13)17(15,19)10-12-6-4-5-7-14(12)18/h4-7,13,19H,8-11H2,1-3H3. The Morgan fingerprint density at radius 1 is 1.26 bits per heavy atom. The normalized spacial score (nSPS) is 39.7. The van der Waals surface area contributed by atoms with Crippen LogP contribution in [0.25, 0.3) is 0 Å². The van der Waals surface area contributed by atoms with Gasteiger partial charge >= 0.3 is 0 Å². The van der Waals surface area contributed by atoms with Gasteiger partial charge in [0.2, 0.25) is 0 Å². The summed E-state index contributed by atoms with van der Waals surface area (Å²) in [4.78, 5) is 0. The van der Waals surface area contributed by atoms with Gasteiger partial charge in [0.25, 0.3) is 0 Å². The van der Waals surface area contributed by atoms with Crippen LogP contribution in [0.5, 0.6) is 0 Å². The zero-order valence-electron chi connectivity index (χ0n) is 12.0. The molecule has 0 radical (unpaired) electrons. The van der Waals surface area contributed by atoms with Crippen molar-refractivity contribution in [3.05, 3.63) is 34.9 Å². The fourth-order valence-electron chi connectivity index (χ4n) is 4.71. The van der Waals surface area contributed by atoms with Crippen LogP contribution in [0.15, 0.2) is 24.3 Å². The fraction of sp³-hybridized carbons (Fsp3) is 0.647. The highest BCUT2D eigenvalue weighted by Gasteiger charge is 2.68. The molecule has 104 valence electrons. The highest BCUT2D eigenvalue weighted by molar-refractivity contribution is 6.31. The molecule has 0 aromatic heterocycles. The number of halogens is 1. The van der Waals surface area contributed by atoms with Gasteiger partial charge in [0.15, 0.2) is 0 Å². The van der Waals surface area contributed by atoms with E-state index in [1.165, 1.54) is 6.42 Å². The first-order chi connectivity index (χ1) is 8.80. The number of rotatable bonds is 2. The molecule has 2 aliphatic carbocycles. The molecule has 3 rings (SSSR count). The molecular formula is C17H23ClO. The molecule has 2 fully saturated rings. The Morgan fingerprint density at radius 3 is 2.53 bits per heavy atom. The highest BCUT2D eigenvalue weighted by Crippen LogP contribution is 2.68. The fourth-order valence-corrected chi connectivity index (χ4v) is 4.91. The Hall–Kier alpha value is -0.530. The van der Waals surface area contributed by atoms with Gasteiger partial charge in [-0.25, -0.2) is 0 Å². The quantitative estimate of drug-likeness (QED) is 0.847. The van der Waals surface area contributed by atoms with Crippen molar-refractivity contribution in [1.82, 2.24) is 0 Å². The molecule has 0 spiro atoms. The SMILES string of the molecule is CC12CCC(C1)C(C)(C)C2(O)Cc1ccccc1Cl. The van der Waals surface area contributed by atoms with E-state index < -0.39 is 5.60 Å². The van der Waals surface area contributed by atoms with Crippen LogP contribution in [0.1, 0.15) is 45.6 Å².